The summed E-state index contributed by atoms with van der Waals surface area (Å²) in [7, 11) is 0. The van der Waals surface area contributed by atoms with E-state index in [4.69, 9.17) is 0 Å². The summed E-state index contributed by atoms with van der Waals surface area (Å²) in [4.78, 5) is 27.2. The van der Waals surface area contributed by atoms with E-state index in [1.165, 1.54) is 35.2 Å². The van der Waals surface area contributed by atoms with Crippen molar-refractivity contribution in [3.63, 3.8) is 0 Å². The number of thioether (sulfide) groups is 1. The maximum Gasteiger partial charge on any atom is 0.271 e. The van der Waals surface area contributed by atoms with E-state index < -0.39 is 4.92 Å². The molecule has 3 aromatic rings. The molecule has 0 spiro atoms. The monoisotopic (exact) mass is 385 g/mol. The van der Waals surface area contributed by atoms with Gasteiger partial charge in [-0.25, -0.2) is 4.98 Å². The number of anilines is 1. The molecular formula is C18H15N3O3S2. The van der Waals surface area contributed by atoms with Crippen molar-refractivity contribution in [3.8, 4) is 11.3 Å². The molecule has 8 heteroatoms. The fourth-order valence-corrected chi connectivity index (χ4v) is 4.17. The van der Waals surface area contributed by atoms with Crippen LogP contribution in [0, 0.1) is 10.1 Å². The number of hydrogen-bond acceptors (Lipinski definition) is 6. The second-order valence-corrected chi connectivity index (χ2v) is 7.87. The van der Waals surface area contributed by atoms with E-state index in [-0.39, 0.29) is 16.8 Å². The summed E-state index contributed by atoms with van der Waals surface area (Å²) in [5.41, 5.74) is 2.25. The Morgan fingerprint density at radius 1 is 1.23 bits per heavy atom. The zero-order valence-corrected chi connectivity index (χ0v) is 15.4. The Morgan fingerprint density at radius 2 is 2.00 bits per heavy atom. The van der Waals surface area contributed by atoms with Crippen LogP contribution in [0.25, 0.3) is 11.3 Å². The maximum atomic E-state index is 12.3. The number of nitro benzene ring substituents is 1. The van der Waals surface area contributed by atoms with Gasteiger partial charge in [0.15, 0.2) is 4.34 Å². The summed E-state index contributed by atoms with van der Waals surface area (Å²) in [6.07, 6.45) is 0. The molecule has 1 aromatic heterocycles. The number of carbonyl (C=O) groups excluding carboxylic acids is 1. The first-order valence-corrected chi connectivity index (χ1v) is 9.52. The zero-order chi connectivity index (χ0) is 18.5. The number of non-ortho nitro benzene ring substituents is 1. The van der Waals surface area contributed by atoms with Crippen LogP contribution in [0.2, 0.25) is 0 Å². The first-order valence-electron chi connectivity index (χ1n) is 7.76. The lowest BCUT2D eigenvalue weighted by Gasteiger charge is -2.10. The molecule has 6 nitrogen and oxygen atoms in total. The smallest absolute Gasteiger partial charge is 0.271 e. The van der Waals surface area contributed by atoms with E-state index in [1.54, 1.807) is 19.1 Å². The number of hydrogen-bond donors (Lipinski definition) is 1. The number of rotatable bonds is 6. The van der Waals surface area contributed by atoms with Crippen molar-refractivity contribution in [2.24, 2.45) is 0 Å². The van der Waals surface area contributed by atoms with Gasteiger partial charge < -0.3 is 5.32 Å². The number of nitrogens with zero attached hydrogens (tertiary/aromatic N) is 2. The van der Waals surface area contributed by atoms with Crippen molar-refractivity contribution in [2.45, 2.75) is 16.5 Å². The summed E-state index contributed by atoms with van der Waals surface area (Å²) in [6.45, 7) is 1.78. The highest BCUT2D eigenvalue weighted by Crippen LogP contribution is 2.31. The van der Waals surface area contributed by atoms with Crippen LogP contribution in [0.1, 0.15) is 6.92 Å². The van der Waals surface area contributed by atoms with Crippen LogP contribution in [-0.4, -0.2) is 21.1 Å². The standard InChI is InChI=1S/C18H15N3O3S2/c1-12(17(22)19-14-8-5-9-15(10-14)21(23)24)26-18-20-16(11-25-18)13-6-3-2-4-7-13/h2-12H,1H3,(H,19,22). The van der Waals surface area contributed by atoms with Crippen LogP contribution in [0.3, 0.4) is 0 Å². The van der Waals surface area contributed by atoms with E-state index in [0.717, 1.165) is 15.6 Å². The van der Waals surface area contributed by atoms with Gasteiger partial charge in [-0.2, -0.15) is 0 Å². The normalized spacial score (nSPS) is 11.7. The molecule has 0 saturated heterocycles. The number of nitro groups is 1. The molecule has 26 heavy (non-hydrogen) atoms. The molecule has 1 unspecified atom stereocenters. The summed E-state index contributed by atoms with van der Waals surface area (Å²) >= 11 is 2.84. The highest BCUT2D eigenvalue weighted by Gasteiger charge is 2.18. The Kier molecular flexibility index (Phi) is 5.65. The van der Waals surface area contributed by atoms with Crippen LogP contribution in [0.4, 0.5) is 11.4 Å². The third kappa shape index (κ3) is 4.47. The minimum absolute atomic E-state index is 0.0597. The van der Waals surface area contributed by atoms with E-state index >= 15 is 0 Å². The van der Waals surface area contributed by atoms with Crippen molar-refractivity contribution in [1.29, 1.82) is 0 Å². The minimum Gasteiger partial charge on any atom is -0.325 e. The van der Waals surface area contributed by atoms with Crippen molar-refractivity contribution >= 4 is 40.4 Å². The maximum absolute atomic E-state index is 12.3. The van der Waals surface area contributed by atoms with Crippen LogP contribution < -0.4 is 5.32 Å². The Labute approximate surface area is 158 Å². The lowest BCUT2D eigenvalue weighted by atomic mass is 10.2. The highest BCUT2D eigenvalue weighted by atomic mass is 32.2. The molecule has 3 rings (SSSR count). The molecule has 1 heterocycles. The molecule has 1 amide bonds. The quantitative estimate of drug-likeness (QED) is 0.373. The van der Waals surface area contributed by atoms with E-state index in [2.05, 4.69) is 10.3 Å². The molecule has 0 bridgehead atoms. The van der Waals surface area contributed by atoms with E-state index in [9.17, 15) is 14.9 Å². The Balaban J connectivity index is 1.64. The second kappa shape index (κ2) is 8.11. The second-order valence-electron chi connectivity index (χ2n) is 5.42. The molecule has 132 valence electrons. The number of benzene rings is 2. The predicted octanol–water partition coefficient (Wildman–Crippen LogP) is 4.84. The molecule has 0 aliphatic carbocycles. The molecule has 0 saturated carbocycles. The van der Waals surface area contributed by atoms with Crippen LogP contribution in [0.5, 0.6) is 0 Å². The van der Waals surface area contributed by atoms with Crippen LogP contribution in [0.15, 0.2) is 64.3 Å². The molecule has 0 aliphatic rings. The Bertz CT molecular complexity index is 928. The average molecular weight is 385 g/mol. The fraction of sp³-hybridized carbons (Fsp3) is 0.111. The van der Waals surface area contributed by atoms with Gasteiger partial charge in [0.05, 0.1) is 15.9 Å². The topological polar surface area (TPSA) is 85.1 Å². The highest BCUT2D eigenvalue weighted by molar-refractivity contribution is 8.02. The van der Waals surface area contributed by atoms with Crippen LogP contribution in [-0.2, 0) is 4.79 Å². The van der Waals surface area contributed by atoms with Gasteiger partial charge in [-0.15, -0.1) is 11.3 Å². The van der Waals surface area contributed by atoms with E-state index in [0.29, 0.717) is 5.69 Å². The number of amides is 1. The number of carbonyl (C=O) groups is 1. The summed E-state index contributed by atoms with van der Waals surface area (Å²) < 4.78 is 0.797. The molecule has 1 atom stereocenters. The SMILES string of the molecule is CC(Sc1nc(-c2ccccc2)cs1)C(=O)Nc1cccc([N+](=O)[O-])c1. The molecule has 0 aliphatic heterocycles. The Morgan fingerprint density at radius 3 is 2.73 bits per heavy atom. The number of thiazole rings is 1. The molecule has 0 radical (unpaired) electrons. The largest absolute Gasteiger partial charge is 0.325 e. The summed E-state index contributed by atoms with van der Waals surface area (Å²) in [5.74, 6) is -0.230. The van der Waals surface area contributed by atoms with Gasteiger partial charge >= 0.3 is 0 Å². The zero-order valence-electron chi connectivity index (χ0n) is 13.8. The van der Waals surface area contributed by atoms with Gasteiger partial charge in [0.1, 0.15) is 0 Å². The predicted molar refractivity (Wildman–Crippen MR) is 105 cm³/mol. The lowest BCUT2D eigenvalue weighted by Crippen LogP contribution is -2.22. The molecule has 1 N–H and O–H groups in total. The molecule has 0 fully saturated rings. The average Bonchev–Trinajstić information content (AvgIpc) is 3.11. The van der Waals surface area contributed by atoms with E-state index in [1.807, 2.05) is 35.7 Å². The third-order valence-electron chi connectivity index (χ3n) is 3.52. The lowest BCUT2D eigenvalue weighted by molar-refractivity contribution is -0.384. The number of nitrogens with one attached hydrogen (secondary N) is 1. The third-order valence-corrected chi connectivity index (χ3v) is 5.60. The summed E-state index contributed by atoms with van der Waals surface area (Å²) in [5, 5.41) is 15.1. The fourth-order valence-electron chi connectivity index (χ4n) is 2.20. The van der Waals surface area contributed by atoms with Crippen molar-refractivity contribution in [3.05, 3.63) is 70.1 Å². The van der Waals surface area contributed by atoms with Gasteiger partial charge in [0, 0.05) is 28.8 Å². The summed E-state index contributed by atoms with van der Waals surface area (Å²) in [6, 6.07) is 15.7. The van der Waals surface area contributed by atoms with Gasteiger partial charge in [-0.1, -0.05) is 48.2 Å². The first-order chi connectivity index (χ1) is 12.5. The minimum atomic E-state index is -0.492. The number of aromatic nitrogens is 1. The van der Waals surface area contributed by atoms with Crippen LogP contribution >= 0.6 is 23.1 Å². The molecular weight excluding hydrogens is 370 g/mol. The van der Waals surface area contributed by atoms with Gasteiger partial charge in [-0.3, -0.25) is 14.9 Å². The molecule has 2 aromatic carbocycles. The van der Waals surface area contributed by atoms with Gasteiger partial charge in [0.25, 0.3) is 5.69 Å². The van der Waals surface area contributed by atoms with Gasteiger partial charge in [0.2, 0.25) is 5.91 Å². The Hall–Kier alpha value is -2.71. The first kappa shape index (κ1) is 18.1. The van der Waals surface area contributed by atoms with Crippen molar-refractivity contribution in [1.82, 2.24) is 4.98 Å². The van der Waals surface area contributed by atoms with Crippen molar-refractivity contribution in [2.75, 3.05) is 5.32 Å². The van der Waals surface area contributed by atoms with Gasteiger partial charge in [-0.05, 0) is 13.0 Å². The van der Waals surface area contributed by atoms with Crippen molar-refractivity contribution < 1.29 is 9.72 Å².